The summed E-state index contributed by atoms with van der Waals surface area (Å²) in [5, 5.41) is 0.0678. The fraction of sp³-hybridized carbons (Fsp3) is 0.167. The van der Waals surface area contributed by atoms with E-state index in [-0.39, 0.29) is 0 Å². The molecule has 0 saturated heterocycles. The standard InChI is InChI=1S/C12H7Cl5/c13-8-6-9(14)12(16,17)10(11(8)15)7-4-2-1-3-5-7/h1-6,9H. The quantitative estimate of drug-likeness (QED) is 0.593. The fourth-order valence-corrected chi connectivity index (χ4v) is 3.11. The van der Waals surface area contributed by atoms with Crippen LogP contribution in [0.5, 0.6) is 0 Å². The van der Waals surface area contributed by atoms with E-state index in [1.54, 1.807) is 0 Å². The van der Waals surface area contributed by atoms with Crippen LogP contribution >= 0.6 is 58.0 Å². The lowest BCUT2D eigenvalue weighted by Gasteiger charge is -2.31. The van der Waals surface area contributed by atoms with Gasteiger partial charge in [0.1, 0.15) is 0 Å². The second kappa shape index (κ2) is 5.03. The van der Waals surface area contributed by atoms with E-state index >= 15 is 0 Å². The van der Waals surface area contributed by atoms with Crippen LogP contribution in [0.2, 0.25) is 0 Å². The van der Waals surface area contributed by atoms with Gasteiger partial charge in [-0.15, -0.1) is 11.6 Å². The van der Waals surface area contributed by atoms with Gasteiger partial charge in [0.25, 0.3) is 0 Å². The highest BCUT2D eigenvalue weighted by molar-refractivity contribution is 6.61. The molecule has 90 valence electrons. The lowest BCUT2D eigenvalue weighted by molar-refractivity contribution is 0.982. The molecule has 5 heteroatoms. The number of allylic oxidation sites excluding steroid dienone is 4. The maximum Gasteiger partial charge on any atom is 0.164 e. The third kappa shape index (κ3) is 2.47. The highest BCUT2D eigenvalue weighted by Gasteiger charge is 2.42. The van der Waals surface area contributed by atoms with Crippen LogP contribution in [0, 0.1) is 0 Å². The Balaban J connectivity index is 2.63. The zero-order valence-corrected chi connectivity index (χ0v) is 12.2. The van der Waals surface area contributed by atoms with Crippen molar-refractivity contribution in [2.45, 2.75) is 9.71 Å². The van der Waals surface area contributed by atoms with Gasteiger partial charge in [0.2, 0.25) is 0 Å². The van der Waals surface area contributed by atoms with Crippen molar-refractivity contribution in [3.05, 3.63) is 52.0 Å². The zero-order valence-electron chi connectivity index (χ0n) is 8.43. The lowest BCUT2D eigenvalue weighted by atomic mass is 9.96. The second-order valence-electron chi connectivity index (χ2n) is 3.59. The molecule has 1 aliphatic rings. The number of halogens is 5. The molecule has 0 bridgehead atoms. The van der Waals surface area contributed by atoms with Crippen molar-refractivity contribution in [1.82, 2.24) is 0 Å². The molecular weight excluding hydrogens is 321 g/mol. The third-order valence-corrected chi connectivity index (χ3v) is 4.79. The molecule has 0 fully saturated rings. The molecule has 0 amide bonds. The summed E-state index contributed by atoms with van der Waals surface area (Å²) in [6, 6.07) is 9.34. The number of benzene rings is 1. The van der Waals surface area contributed by atoms with E-state index in [9.17, 15) is 0 Å². The van der Waals surface area contributed by atoms with Gasteiger partial charge in [-0.2, -0.15) is 0 Å². The van der Waals surface area contributed by atoms with Gasteiger partial charge in [-0.25, -0.2) is 0 Å². The Morgan fingerprint density at radius 1 is 1.00 bits per heavy atom. The molecule has 1 atom stereocenters. The number of hydrogen-bond donors (Lipinski definition) is 0. The first-order chi connectivity index (χ1) is 7.94. The first-order valence-corrected chi connectivity index (χ1v) is 6.74. The van der Waals surface area contributed by atoms with Gasteiger partial charge >= 0.3 is 0 Å². The van der Waals surface area contributed by atoms with Crippen LogP contribution in [0.3, 0.4) is 0 Å². The summed E-state index contributed by atoms with van der Waals surface area (Å²) in [6.45, 7) is 0. The lowest BCUT2D eigenvalue weighted by Crippen LogP contribution is -2.30. The maximum atomic E-state index is 6.27. The van der Waals surface area contributed by atoms with Crippen molar-refractivity contribution in [3.8, 4) is 0 Å². The average molecular weight is 328 g/mol. The molecule has 0 N–H and O–H groups in total. The Labute approximate surface area is 125 Å². The van der Waals surface area contributed by atoms with Gasteiger partial charge in [-0.1, -0.05) is 76.7 Å². The molecule has 0 saturated carbocycles. The van der Waals surface area contributed by atoms with Crippen LogP contribution in [-0.2, 0) is 0 Å². The number of rotatable bonds is 1. The smallest absolute Gasteiger partial charge is 0.115 e. The van der Waals surface area contributed by atoms with E-state index in [1.807, 2.05) is 30.3 Å². The maximum absolute atomic E-state index is 6.27. The summed E-state index contributed by atoms with van der Waals surface area (Å²) in [7, 11) is 0. The van der Waals surface area contributed by atoms with Crippen molar-refractivity contribution in [2.24, 2.45) is 0 Å². The summed E-state index contributed by atoms with van der Waals surface area (Å²) in [5.74, 6) is 0. The minimum absolute atomic E-state index is 0.333. The van der Waals surface area contributed by atoms with Crippen molar-refractivity contribution in [3.63, 3.8) is 0 Å². The summed E-state index contributed by atoms with van der Waals surface area (Å²) in [4.78, 5) is 0. The molecule has 0 heterocycles. The molecule has 1 aliphatic carbocycles. The summed E-state index contributed by atoms with van der Waals surface area (Å²) in [6.07, 6.45) is 1.54. The van der Waals surface area contributed by atoms with E-state index < -0.39 is 9.71 Å². The molecule has 0 aromatic heterocycles. The topological polar surface area (TPSA) is 0 Å². The van der Waals surface area contributed by atoms with Crippen LogP contribution in [0.1, 0.15) is 5.56 Å². The highest BCUT2D eigenvalue weighted by Crippen LogP contribution is 2.50. The highest BCUT2D eigenvalue weighted by atomic mass is 35.5. The van der Waals surface area contributed by atoms with E-state index in [0.717, 1.165) is 5.56 Å². The van der Waals surface area contributed by atoms with E-state index in [1.165, 1.54) is 6.08 Å². The molecule has 1 aromatic carbocycles. The molecule has 1 aromatic rings. The van der Waals surface area contributed by atoms with Gasteiger partial charge in [0, 0.05) is 5.57 Å². The van der Waals surface area contributed by atoms with Gasteiger partial charge in [0.15, 0.2) is 4.33 Å². The van der Waals surface area contributed by atoms with Gasteiger partial charge in [-0.3, -0.25) is 0 Å². The molecular formula is C12H7Cl5. The largest absolute Gasteiger partial charge is 0.164 e. The number of alkyl halides is 3. The van der Waals surface area contributed by atoms with Gasteiger partial charge in [0.05, 0.1) is 15.4 Å². The van der Waals surface area contributed by atoms with Crippen molar-refractivity contribution in [1.29, 1.82) is 0 Å². The predicted molar refractivity (Wildman–Crippen MR) is 77.2 cm³/mol. The second-order valence-corrected chi connectivity index (χ2v) is 6.24. The first kappa shape index (κ1) is 13.6. The van der Waals surface area contributed by atoms with Crippen molar-refractivity contribution >= 4 is 63.6 Å². The first-order valence-electron chi connectivity index (χ1n) is 4.80. The normalized spacial score (nSPS) is 23.6. The average Bonchev–Trinajstić information content (AvgIpc) is 2.28. The Bertz CT molecular complexity index is 487. The monoisotopic (exact) mass is 326 g/mol. The molecule has 1 unspecified atom stereocenters. The predicted octanol–water partition coefficient (Wildman–Crippen LogP) is 5.55. The third-order valence-electron chi connectivity index (χ3n) is 2.46. The van der Waals surface area contributed by atoms with E-state index in [0.29, 0.717) is 15.6 Å². The number of hydrogen-bond acceptors (Lipinski definition) is 0. The SMILES string of the molecule is ClC1=CC(Cl)C(Cl)(Cl)C(c2ccccc2)=C1Cl. The van der Waals surface area contributed by atoms with Crippen LogP contribution in [-0.4, -0.2) is 9.71 Å². The van der Waals surface area contributed by atoms with Crippen LogP contribution in [0.4, 0.5) is 0 Å². The molecule has 0 radical (unpaired) electrons. The summed E-state index contributed by atoms with van der Waals surface area (Å²) >= 11 is 30.8. The van der Waals surface area contributed by atoms with Gasteiger partial charge < -0.3 is 0 Å². The Morgan fingerprint density at radius 2 is 1.59 bits per heavy atom. The molecule has 17 heavy (non-hydrogen) atoms. The van der Waals surface area contributed by atoms with Crippen molar-refractivity contribution < 1.29 is 0 Å². The minimum Gasteiger partial charge on any atom is -0.115 e. The van der Waals surface area contributed by atoms with Crippen LogP contribution in [0.15, 0.2) is 46.5 Å². The minimum atomic E-state index is -1.29. The summed E-state index contributed by atoms with van der Waals surface area (Å²) < 4.78 is -1.29. The van der Waals surface area contributed by atoms with E-state index in [2.05, 4.69) is 0 Å². The van der Waals surface area contributed by atoms with Crippen LogP contribution < -0.4 is 0 Å². The molecule has 2 rings (SSSR count). The summed E-state index contributed by atoms with van der Waals surface area (Å²) in [5.41, 5.74) is 1.34. The molecule has 0 spiro atoms. The van der Waals surface area contributed by atoms with Crippen molar-refractivity contribution in [2.75, 3.05) is 0 Å². The Morgan fingerprint density at radius 3 is 2.18 bits per heavy atom. The Hall–Kier alpha value is 0.150. The fourth-order valence-electron chi connectivity index (χ4n) is 1.63. The zero-order chi connectivity index (χ0) is 12.6. The van der Waals surface area contributed by atoms with E-state index in [4.69, 9.17) is 58.0 Å². The van der Waals surface area contributed by atoms with Gasteiger partial charge in [-0.05, 0) is 11.6 Å². The molecule has 0 nitrogen and oxygen atoms in total. The Kier molecular flexibility index (Phi) is 4.02. The molecule has 0 aliphatic heterocycles. The van der Waals surface area contributed by atoms with Crippen LogP contribution in [0.25, 0.3) is 5.57 Å².